The van der Waals surface area contributed by atoms with Crippen LogP contribution in [0.15, 0.2) is 12.3 Å². The molecule has 4 rings (SSSR count). The Labute approximate surface area is 107 Å². The molecular formula is C14H19N3O. The number of nitrogens with zero attached hydrogens (tertiary/aromatic N) is 3. The van der Waals surface area contributed by atoms with Gasteiger partial charge in [-0.05, 0) is 44.6 Å². The van der Waals surface area contributed by atoms with Gasteiger partial charge in [-0.1, -0.05) is 0 Å². The summed E-state index contributed by atoms with van der Waals surface area (Å²) in [5.74, 6) is 2.72. The van der Waals surface area contributed by atoms with Crippen molar-refractivity contribution in [3.8, 4) is 0 Å². The first kappa shape index (κ1) is 10.7. The van der Waals surface area contributed by atoms with Crippen LogP contribution in [0.2, 0.25) is 0 Å². The lowest BCUT2D eigenvalue weighted by molar-refractivity contribution is 0.126. The van der Waals surface area contributed by atoms with Gasteiger partial charge in [0.25, 0.3) is 0 Å². The van der Waals surface area contributed by atoms with E-state index < -0.39 is 0 Å². The summed E-state index contributed by atoms with van der Waals surface area (Å²) in [5, 5.41) is 9.85. The van der Waals surface area contributed by atoms with E-state index in [0.717, 1.165) is 24.5 Å². The molecule has 1 aromatic rings. The number of rotatable bonds is 2. The van der Waals surface area contributed by atoms with Gasteiger partial charge in [0.1, 0.15) is 11.6 Å². The van der Waals surface area contributed by atoms with Crippen molar-refractivity contribution < 1.29 is 5.11 Å². The van der Waals surface area contributed by atoms with Gasteiger partial charge in [0.05, 0.1) is 6.10 Å². The highest BCUT2D eigenvalue weighted by Gasteiger charge is 2.41. The Kier molecular flexibility index (Phi) is 2.34. The fourth-order valence-electron chi connectivity index (χ4n) is 3.57. The largest absolute Gasteiger partial charge is 0.393 e. The van der Waals surface area contributed by atoms with Gasteiger partial charge in [-0.15, -0.1) is 0 Å². The molecule has 0 aromatic carbocycles. The second kappa shape index (κ2) is 3.92. The number of hydrogen-bond donors (Lipinski definition) is 1. The normalized spacial score (nSPS) is 34.9. The van der Waals surface area contributed by atoms with E-state index in [4.69, 9.17) is 4.98 Å². The molecule has 0 radical (unpaired) electrons. The first-order chi connectivity index (χ1) is 8.81. The van der Waals surface area contributed by atoms with Crippen molar-refractivity contribution in [3.05, 3.63) is 18.1 Å². The van der Waals surface area contributed by atoms with Gasteiger partial charge in [-0.25, -0.2) is 9.97 Å². The molecule has 0 amide bonds. The monoisotopic (exact) mass is 245 g/mol. The van der Waals surface area contributed by atoms with Crippen LogP contribution in [0, 0.1) is 0 Å². The molecule has 1 N–H and O–H groups in total. The van der Waals surface area contributed by atoms with E-state index in [0.29, 0.717) is 18.0 Å². The molecule has 2 saturated heterocycles. The summed E-state index contributed by atoms with van der Waals surface area (Å²) in [6, 6.07) is 3.01. The van der Waals surface area contributed by atoms with Gasteiger partial charge in [0, 0.05) is 24.2 Å². The SMILES string of the molecule is OC1CC2CCC(C1)N2c1ccnc(C2CC2)n1. The van der Waals surface area contributed by atoms with Crippen molar-refractivity contribution in [2.75, 3.05) is 4.90 Å². The van der Waals surface area contributed by atoms with E-state index in [1.807, 2.05) is 12.3 Å². The third-order valence-corrected chi connectivity index (χ3v) is 4.57. The minimum absolute atomic E-state index is 0.108. The van der Waals surface area contributed by atoms with Gasteiger partial charge in [0.2, 0.25) is 0 Å². The third kappa shape index (κ3) is 1.70. The molecule has 3 heterocycles. The first-order valence-corrected chi connectivity index (χ1v) is 7.10. The third-order valence-electron chi connectivity index (χ3n) is 4.57. The van der Waals surface area contributed by atoms with Crippen molar-refractivity contribution >= 4 is 5.82 Å². The number of aliphatic hydroxyl groups excluding tert-OH is 1. The number of fused-ring (bicyclic) bond motifs is 2. The lowest BCUT2D eigenvalue weighted by atomic mass is 10.00. The van der Waals surface area contributed by atoms with Crippen LogP contribution in [0.5, 0.6) is 0 Å². The average Bonchev–Trinajstić information content (AvgIpc) is 3.16. The summed E-state index contributed by atoms with van der Waals surface area (Å²) < 4.78 is 0. The fraction of sp³-hybridized carbons (Fsp3) is 0.714. The van der Waals surface area contributed by atoms with Crippen LogP contribution in [0.4, 0.5) is 5.82 Å². The maximum absolute atomic E-state index is 9.85. The summed E-state index contributed by atoms with van der Waals surface area (Å²) >= 11 is 0. The standard InChI is InChI=1S/C14H19N3O/c18-12-7-10-3-4-11(8-12)17(10)13-5-6-15-14(16-13)9-1-2-9/h5-6,9-12,18H,1-4,7-8H2. The Hall–Kier alpha value is -1.16. The van der Waals surface area contributed by atoms with Gasteiger partial charge in [-0.2, -0.15) is 0 Å². The molecule has 3 fully saturated rings. The maximum Gasteiger partial charge on any atom is 0.133 e. The highest BCUT2D eigenvalue weighted by Crippen LogP contribution is 2.41. The molecule has 4 nitrogen and oxygen atoms in total. The van der Waals surface area contributed by atoms with Crippen LogP contribution in [-0.2, 0) is 0 Å². The van der Waals surface area contributed by atoms with E-state index in [9.17, 15) is 5.11 Å². The highest BCUT2D eigenvalue weighted by molar-refractivity contribution is 5.43. The van der Waals surface area contributed by atoms with Crippen LogP contribution in [0.3, 0.4) is 0 Å². The Morgan fingerprint density at radius 2 is 1.83 bits per heavy atom. The minimum Gasteiger partial charge on any atom is -0.393 e. The van der Waals surface area contributed by atoms with Crippen LogP contribution in [0.25, 0.3) is 0 Å². The van der Waals surface area contributed by atoms with Crippen LogP contribution >= 0.6 is 0 Å². The van der Waals surface area contributed by atoms with Gasteiger partial charge >= 0.3 is 0 Å². The van der Waals surface area contributed by atoms with Crippen LogP contribution in [-0.4, -0.2) is 33.3 Å². The highest BCUT2D eigenvalue weighted by atomic mass is 16.3. The molecule has 0 spiro atoms. The minimum atomic E-state index is -0.108. The summed E-state index contributed by atoms with van der Waals surface area (Å²) in [4.78, 5) is 11.6. The summed E-state index contributed by atoms with van der Waals surface area (Å²) in [5.41, 5.74) is 0. The Bertz CT molecular complexity index is 446. The van der Waals surface area contributed by atoms with Crippen LogP contribution < -0.4 is 4.90 Å². The van der Waals surface area contributed by atoms with Crippen molar-refractivity contribution in [1.29, 1.82) is 0 Å². The Balaban J connectivity index is 1.64. The van der Waals surface area contributed by atoms with Crippen molar-refractivity contribution in [1.82, 2.24) is 9.97 Å². The molecule has 2 bridgehead atoms. The van der Waals surface area contributed by atoms with Crippen molar-refractivity contribution in [2.24, 2.45) is 0 Å². The maximum atomic E-state index is 9.85. The number of aliphatic hydroxyl groups is 1. The lowest BCUT2D eigenvalue weighted by Crippen LogP contribution is -2.45. The van der Waals surface area contributed by atoms with E-state index in [-0.39, 0.29) is 6.10 Å². The summed E-state index contributed by atoms with van der Waals surface area (Å²) in [7, 11) is 0. The number of piperidine rings is 1. The molecule has 2 atom stereocenters. The predicted octanol–water partition coefficient (Wildman–Crippen LogP) is 1.85. The quantitative estimate of drug-likeness (QED) is 0.864. The second-order valence-corrected chi connectivity index (χ2v) is 5.96. The molecule has 1 saturated carbocycles. The second-order valence-electron chi connectivity index (χ2n) is 5.96. The molecule has 96 valence electrons. The lowest BCUT2D eigenvalue weighted by Gasteiger charge is -2.38. The van der Waals surface area contributed by atoms with Crippen LogP contribution in [0.1, 0.15) is 50.3 Å². The van der Waals surface area contributed by atoms with Gasteiger partial charge in [0.15, 0.2) is 0 Å². The topological polar surface area (TPSA) is 49.2 Å². The van der Waals surface area contributed by atoms with Crippen molar-refractivity contribution in [3.63, 3.8) is 0 Å². The Morgan fingerprint density at radius 1 is 1.11 bits per heavy atom. The van der Waals surface area contributed by atoms with E-state index in [2.05, 4.69) is 9.88 Å². The van der Waals surface area contributed by atoms with Gasteiger partial charge in [-0.3, -0.25) is 0 Å². The zero-order valence-corrected chi connectivity index (χ0v) is 10.5. The number of hydrogen-bond acceptors (Lipinski definition) is 4. The number of aromatic nitrogens is 2. The molecule has 2 aliphatic heterocycles. The zero-order valence-electron chi connectivity index (χ0n) is 10.5. The zero-order chi connectivity index (χ0) is 12.1. The van der Waals surface area contributed by atoms with E-state index >= 15 is 0 Å². The smallest absolute Gasteiger partial charge is 0.133 e. The molecule has 1 aromatic heterocycles. The van der Waals surface area contributed by atoms with E-state index in [1.165, 1.54) is 25.7 Å². The number of anilines is 1. The molecule has 1 aliphatic carbocycles. The molecular weight excluding hydrogens is 226 g/mol. The fourth-order valence-corrected chi connectivity index (χ4v) is 3.57. The van der Waals surface area contributed by atoms with Crippen molar-refractivity contribution in [2.45, 2.75) is 62.6 Å². The molecule has 4 heteroatoms. The summed E-state index contributed by atoms with van der Waals surface area (Å²) in [6.07, 6.45) is 8.49. The first-order valence-electron chi connectivity index (χ1n) is 7.10. The predicted molar refractivity (Wildman–Crippen MR) is 68.5 cm³/mol. The summed E-state index contributed by atoms with van der Waals surface area (Å²) in [6.45, 7) is 0. The molecule has 2 unspecified atom stereocenters. The Morgan fingerprint density at radius 3 is 2.50 bits per heavy atom. The average molecular weight is 245 g/mol. The molecule has 3 aliphatic rings. The van der Waals surface area contributed by atoms with E-state index in [1.54, 1.807) is 0 Å². The molecule has 18 heavy (non-hydrogen) atoms. The van der Waals surface area contributed by atoms with Gasteiger partial charge < -0.3 is 10.0 Å².